The third kappa shape index (κ3) is 10.9. The third-order valence-corrected chi connectivity index (χ3v) is 12.7. The molecule has 0 aromatic heterocycles. The summed E-state index contributed by atoms with van der Waals surface area (Å²) in [6.45, 7) is 36.0. The maximum atomic E-state index is 9.37. The molecule has 6 rings (SSSR count). The maximum absolute atomic E-state index is 9.37. The molecular formula is C60H76FeN2. The Balaban J connectivity index is 0.000000272. The van der Waals surface area contributed by atoms with Crippen LogP contribution < -0.4 is 0 Å². The van der Waals surface area contributed by atoms with Gasteiger partial charge in [-0.15, -0.1) is 11.4 Å². The van der Waals surface area contributed by atoms with Gasteiger partial charge in [0.1, 0.15) is 0 Å². The van der Waals surface area contributed by atoms with Crippen molar-refractivity contribution in [2.24, 2.45) is 0 Å². The SMILES string of the molecule is CC(C)c1cccc(C(C)C)c1-c1cccc(-c2c(C(C)C)cccc2C(C)C)c1[NH-].CC(C)c1cccc(C(C)C)c1-c1cccc(-c2c(C(C)C)cccc2C(C)C)c1[NH-].[Fe+2]. The van der Waals surface area contributed by atoms with E-state index in [1.54, 1.807) is 0 Å². The van der Waals surface area contributed by atoms with Crippen LogP contribution >= 0.6 is 0 Å². The molecular weight excluding hydrogens is 805 g/mol. The van der Waals surface area contributed by atoms with Gasteiger partial charge in [0, 0.05) is 0 Å². The first kappa shape index (κ1) is 51.1. The molecule has 6 aromatic rings. The monoisotopic (exact) mass is 881 g/mol. The first-order valence-corrected chi connectivity index (χ1v) is 23.5. The number of hydrogen-bond donors (Lipinski definition) is 0. The molecule has 63 heavy (non-hydrogen) atoms. The van der Waals surface area contributed by atoms with Crippen molar-refractivity contribution in [1.29, 1.82) is 0 Å². The summed E-state index contributed by atoms with van der Waals surface area (Å²) in [7, 11) is 0. The van der Waals surface area contributed by atoms with E-state index in [2.05, 4.69) is 220 Å². The fourth-order valence-electron chi connectivity index (χ4n) is 9.39. The molecule has 0 unspecified atom stereocenters. The van der Waals surface area contributed by atoms with Crippen LogP contribution in [0.15, 0.2) is 109 Å². The van der Waals surface area contributed by atoms with Crippen LogP contribution in [-0.4, -0.2) is 0 Å². The van der Waals surface area contributed by atoms with Gasteiger partial charge in [-0.2, -0.15) is 0 Å². The van der Waals surface area contributed by atoms with E-state index in [0.717, 1.165) is 22.3 Å². The summed E-state index contributed by atoms with van der Waals surface area (Å²) in [6.07, 6.45) is 0. The van der Waals surface area contributed by atoms with Gasteiger partial charge in [-0.3, -0.25) is 0 Å². The van der Waals surface area contributed by atoms with Crippen molar-refractivity contribution in [3.8, 4) is 44.5 Å². The molecule has 0 atom stereocenters. The average molecular weight is 881 g/mol. The smallest absolute Gasteiger partial charge is 0.698 e. The van der Waals surface area contributed by atoms with Crippen molar-refractivity contribution in [3.63, 3.8) is 0 Å². The first-order chi connectivity index (χ1) is 29.3. The van der Waals surface area contributed by atoms with Gasteiger partial charge in [-0.05, 0) is 136 Å². The molecule has 0 radical (unpaired) electrons. The summed E-state index contributed by atoms with van der Waals surface area (Å²) in [5.41, 5.74) is 39.9. The standard InChI is InChI=1S/2C30H38N.Fe/c2*1-18(2)22-12-9-13-23(19(3)4)28(22)26-16-11-17-27(30(26)31)29-24(20(5)6)14-10-15-25(29)21(7)8;/h2*9-21,31H,1-8H3;/q2*-1;+2. The van der Waals surface area contributed by atoms with Gasteiger partial charge in [0.25, 0.3) is 0 Å². The molecule has 0 saturated carbocycles. The Morgan fingerprint density at radius 1 is 0.238 bits per heavy atom. The predicted octanol–water partition coefficient (Wildman–Crippen LogP) is 20.4. The van der Waals surface area contributed by atoms with Gasteiger partial charge in [-0.1, -0.05) is 220 Å². The third-order valence-electron chi connectivity index (χ3n) is 12.7. The van der Waals surface area contributed by atoms with E-state index in [0.29, 0.717) is 58.7 Å². The second-order valence-corrected chi connectivity index (χ2v) is 19.9. The van der Waals surface area contributed by atoms with E-state index in [9.17, 15) is 11.5 Å². The van der Waals surface area contributed by atoms with Crippen LogP contribution in [0.4, 0.5) is 11.4 Å². The molecule has 0 amide bonds. The molecule has 0 fully saturated rings. The van der Waals surface area contributed by atoms with Crippen molar-refractivity contribution in [1.82, 2.24) is 0 Å². The van der Waals surface area contributed by atoms with Crippen LogP contribution in [0.3, 0.4) is 0 Å². The topological polar surface area (TPSA) is 47.6 Å². The van der Waals surface area contributed by atoms with Crippen molar-refractivity contribution < 1.29 is 17.1 Å². The summed E-state index contributed by atoms with van der Waals surface area (Å²) < 4.78 is 0. The Hall–Kier alpha value is -4.56. The minimum absolute atomic E-state index is 0. The first-order valence-electron chi connectivity index (χ1n) is 23.5. The van der Waals surface area contributed by atoms with Gasteiger partial charge >= 0.3 is 17.1 Å². The van der Waals surface area contributed by atoms with E-state index in [-0.39, 0.29) is 17.1 Å². The second-order valence-electron chi connectivity index (χ2n) is 19.9. The van der Waals surface area contributed by atoms with Gasteiger partial charge in [0.2, 0.25) is 0 Å². The zero-order valence-electron chi connectivity index (χ0n) is 41.4. The van der Waals surface area contributed by atoms with Gasteiger partial charge in [0.05, 0.1) is 0 Å². The molecule has 0 bridgehead atoms. The summed E-state index contributed by atoms with van der Waals surface area (Å²) in [4.78, 5) is 0. The minimum atomic E-state index is 0. The zero-order chi connectivity index (χ0) is 45.7. The molecule has 334 valence electrons. The van der Waals surface area contributed by atoms with E-state index >= 15 is 0 Å². The van der Waals surface area contributed by atoms with Crippen molar-refractivity contribution in [3.05, 3.63) is 165 Å². The van der Waals surface area contributed by atoms with Crippen LogP contribution in [0, 0.1) is 0 Å². The Morgan fingerprint density at radius 3 is 0.492 bits per heavy atom. The summed E-state index contributed by atoms with van der Waals surface area (Å²) in [5, 5.41) is 0. The largest absolute Gasteiger partial charge is 2.00 e. The molecule has 0 saturated heterocycles. The fraction of sp³-hybridized carbons (Fsp3) is 0.400. The van der Waals surface area contributed by atoms with E-state index in [4.69, 9.17) is 0 Å². The van der Waals surface area contributed by atoms with Crippen LogP contribution in [0.25, 0.3) is 56.0 Å². The summed E-state index contributed by atoms with van der Waals surface area (Å²) in [5.74, 6) is 3.27. The molecule has 0 spiro atoms. The summed E-state index contributed by atoms with van der Waals surface area (Å²) >= 11 is 0. The van der Waals surface area contributed by atoms with Gasteiger partial charge in [0.15, 0.2) is 0 Å². The van der Waals surface area contributed by atoms with E-state index < -0.39 is 0 Å². The Kier molecular flexibility index (Phi) is 17.7. The minimum Gasteiger partial charge on any atom is -0.698 e. The van der Waals surface area contributed by atoms with Crippen molar-refractivity contribution in [2.45, 2.75) is 158 Å². The Bertz CT molecular complexity index is 2020. The molecule has 0 aliphatic carbocycles. The maximum Gasteiger partial charge on any atom is 2.00 e. The number of nitrogens with one attached hydrogen (secondary N) is 2. The normalized spacial score (nSPS) is 11.7. The Morgan fingerprint density at radius 2 is 0.365 bits per heavy atom. The fourth-order valence-corrected chi connectivity index (χ4v) is 9.39. The zero-order valence-corrected chi connectivity index (χ0v) is 42.5. The number of hydrogen-bond acceptors (Lipinski definition) is 0. The molecule has 0 aliphatic heterocycles. The van der Waals surface area contributed by atoms with Crippen molar-refractivity contribution >= 4 is 11.4 Å². The second kappa shape index (κ2) is 21.9. The van der Waals surface area contributed by atoms with E-state index in [1.807, 2.05) is 0 Å². The predicted molar refractivity (Wildman–Crippen MR) is 275 cm³/mol. The van der Waals surface area contributed by atoms with Crippen LogP contribution in [0.1, 0.15) is 203 Å². The van der Waals surface area contributed by atoms with Crippen LogP contribution in [-0.2, 0) is 17.1 Å². The molecule has 0 heterocycles. The summed E-state index contributed by atoms with van der Waals surface area (Å²) in [6, 6.07) is 39.4. The number of benzene rings is 6. The molecule has 6 aromatic carbocycles. The quantitative estimate of drug-likeness (QED) is 0.110. The van der Waals surface area contributed by atoms with Crippen LogP contribution in [0.2, 0.25) is 0 Å². The molecule has 3 heteroatoms. The van der Waals surface area contributed by atoms with E-state index in [1.165, 1.54) is 66.8 Å². The van der Waals surface area contributed by atoms with Gasteiger partial charge in [-0.25, -0.2) is 0 Å². The molecule has 2 nitrogen and oxygen atoms in total. The average Bonchev–Trinajstić information content (AvgIpc) is 3.22. The van der Waals surface area contributed by atoms with Crippen molar-refractivity contribution in [2.75, 3.05) is 0 Å². The van der Waals surface area contributed by atoms with Gasteiger partial charge < -0.3 is 11.5 Å². The Labute approximate surface area is 394 Å². The number of rotatable bonds is 12. The molecule has 0 aliphatic rings. The molecule has 2 N–H and O–H groups in total. The van der Waals surface area contributed by atoms with Crippen LogP contribution in [0.5, 0.6) is 0 Å².